The Labute approximate surface area is 87.7 Å². The van der Waals surface area contributed by atoms with Crippen LogP contribution in [-0.2, 0) is 16.0 Å². The number of rotatable bonds is 2. The van der Waals surface area contributed by atoms with Crippen molar-refractivity contribution in [2.75, 3.05) is 0 Å². The molecule has 0 fully saturated rings. The average molecular weight is 204 g/mol. The molecular formula is C12H12O3. The first kappa shape index (κ1) is 9.90. The maximum Gasteiger partial charge on any atom is 0.304 e. The van der Waals surface area contributed by atoms with Gasteiger partial charge in [0.2, 0.25) is 0 Å². The van der Waals surface area contributed by atoms with E-state index in [1.165, 1.54) is 0 Å². The zero-order valence-corrected chi connectivity index (χ0v) is 8.27. The molecule has 15 heavy (non-hydrogen) atoms. The Morgan fingerprint density at radius 2 is 2.07 bits per heavy atom. The van der Waals surface area contributed by atoms with E-state index in [2.05, 4.69) is 0 Å². The van der Waals surface area contributed by atoms with Gasteiger partial charge in [-0.2, -0.15) is 0 Å². The van der Waals surface area contributed by atoms with E-state index in [0.29, 0.717) is 6.42 Å². The lowest BCUT2D eigenvalue weighted by Crippen LogP contribution is -2.22. The van der Waals surface area contributed by atoms with Crippen LogP contribution in [0, 0.1) is 0 Å². The molecule has 1 aliphatic rings. The average Bonchev–Trinajstić information content (AvgIpc) is 2.22. The second kappa shape index (κ2) is 3.85. The molecule has 0 radical (unpaired) electrons. The van der Waals surface area contributed by atoms with Crippen molar-refractivity contribution in [1.29, 1.82) is 0 Å². The van der Waals surface area contributed by atoms with Gasteiger partial charge >= 0.3 is 5.97 Å². The fourth-order valence-electron chi connectivity index (χ4n) is 2.11. The third-order valence-corrected chi connectivity index (χ3v) is 2.84. The molecule has 0 amide bonds. The molecule has 3 heteroatoms. The number of Topliss-reactive ketones (excluding diaryl/α,β-unsaturated/α-hetero) is 1. The number of benzene rings is 1. The number of aryl methyl sites for hydroxylation is 1. The lowest BCUT2D eigenvalue weighted by molar-refractivity contribution is -0.139. The molecule has 1 unspecified atom stereocenters. The molecule has 78 valence electrons. The molecule has 1 atom stereocenters. The van der Waals surface area contributed by atoms with Crippen molar-refractivity contribution in [2.45, 2.75) is 25.2 Å². The van der Waals surface area contributed by atoms with Crippen LogP contribution < -0.4 is 0 Å². The number of carbonyl (C=O) groups excluding carboxylic acids is 1. The smallest absolute Gasteiger partial charge is 0.304 e. The number of ketones is 1. The van der Waals surface area contributed by atoms with E-state index in [9.17, 15) is 9.59 Å². The highest BCUT2D eigenvalue weighted by molar-refractivity contribution is 5.91. The van der Waals surface area contributed by atoms with Crippen molar-refractivity contribution in [3.8, 4) is 0 Å². The number of carbonyl (C=O) groups is 2. The summed E-state index contributed by atoms with van der Waals surface area (Å²) in [5.74, 6) is -1.30. The standard InChI is InChI=1S/C12H12O3/c13-11-6-5-8-3-1-2-4-9(8)10(11)7-12(14)15/h1-4,10H,5-7H2,(H,14,15). The topological polar surface area (TPSA) is 54.4 Å². The highest BCUT2D eigenvalue weighted by atomic mass is 16.4. The van der Waals surface area contributed by atoms with Gasteiger partial charge in [-0.15, -0.1) is 0 Å². The number of aliphatic carboxylic acids is 1. The number of hydrogen-bond donors (Lipinski definition) is 1. The summed E-state index contributed by atoms with van der Waals surface area (Å²) in [5.41, 5.74) is 2.01. The van der Waals surface area contributed by atoms with Crippen molar-refractivity contribution in [1.82, 2.24) is 0 Å². The fraction of sp³-hybridized carbons (Fsp3) is 0.333. The third-order valence-electron chi connectivity index (χ3n) is 2.84. The van der Waals surface area contributed by atoms with Gasteiger partial charge in [0.25, 0.3) is 0 Å². The zero-order valence-electron chi connectivity index (χ0n) is 8.27. The quantitative estimate of drug-likeness (QED) is 0.798. The lowest BCUT2D eigenvalue weighted by Gasteiger charge is -2.22. The first-order valence-electron chi connectivity index (χ1n) is 5.01. The fourth-order valence-corrected chi connectivity index (χ4v) is 2.11. The summed E-state index contributed by atoms with van der Waals surface area (Å²) in [7, 11) is 0. The zero-order chi connectivity index (χ0) is 10.8. The van der Waals surface area contributed by atoms with Gasteiger partial charge in [0, 0.05) is 6.42 Å². The van der Waals surface area contributed by atoms with Crippen LogP contribution in [0.25, 0.3) is 0 Å². The van der Waals surface area contributed by atoms with Crippen LogP contribution in [0.1, 0.15) is 29.9 Å². The first-order valence-corrected chi connectivity index (χ1v) is 5.01. The molecular weight excluding hydrogens is 192 g/mol. The highest BCUT2D eigenvalue weighted by Crippen LogP contribution is 2.31. The van der Waals surface area contributed by atoms with Gasteiger partial charge in [-0.25, -0.2) is 0 Å². The van der Waals surface area contributed by atoms with Crippen molar-refractivity contribution in [3.63, 3.8) is 0 Å². The molecule has 0 aromatic heterocycles. The SMILES string of the molecule is O=C(O)CC1C(=O)CCc2ccccc21. The van der Waals surface area contributed by atoms with E-state index in [0.717, 1.165) is 17.5 Å². The van der Waals surface area contributed by atoms with Gasteiger partial charge < -0.3 is 5.11 Å². The first-order chi connectivity index (χ1) is 7.18. The third kappa shape index (κ3) is 1.91. The molecule has 1 aromatic rings. The molecule has 0 saturated heterocycles. The van der Waals surface area contributed by atoms with Crippen LogP contribution in [0.4, 0.5) is 0 Å². The van der Waals surface area contributed by atoms with E-state index in [-0.39, 0.29) is 12.2 Å². The molecule has 0 spiro atoms. The monoisotopic (exact) mass is 204 g/mol. The summed E-state index contributed by atoms with van der Waals surface area (Å²) in [5, 5.41) is 8.76. The number of fused-ring (bicyclic) bond motifs is 1. The Kier molecular flexibility index (Phi) is 2.54. The van der Waals surface area contributed by atoms with Gasteiger partial charge in [-0.3, -0.25) is 9.59 Å². The molecule has 1 aromatic carbocycles. The van der Waals surface area contributed by atoms with E-state index < -0.39 is 11.9 Å². The van der Waals surface area contributed by atoms with Crippen molar-refractivity contribution in [3.05, 3.63) is 35.4 Å². The maximum atomic E-state index is 11.6. The van der Waals surface area contributed by atoms with Crippen LogP contribution in [0.3, 0.4) is 0 Å². The summed E-state index contributed by atoms with van der Waals surface area (Å²) in [4.78, 5) is 22.3. The van der Waals surface area contributed by atoms with Gasteiger partial charge in [0.15, 0.2) is 0 Å². The van der Waals surface area contributed by atoms with Crippen LogP contribution in [-0.4, -0.2) is 16.9 Å². The van der Waals surface area contributed by atoms with Gasteiger partial charge in [-0.1, -0.05) is 24.3 Å². The molecule has 2 rings (SSSR count). The van der Waals surface area contributed by atoms with E-state index in [1.54, 1.807) is 0 Å². The number of hydrogen-bond acceptors (Lipinski definition) is 2. The molecule has 0 bridgehead atoms. The Morgan fingerprint density at radius 1 is 1.33 bits per heavy atom. The predicted octanol–water partition coefficient (Wildman–Crippen LogP) is 1.76. The molecule has 0 aliphatic heterocycles. The molecule has 1 aliphatic carbocycles. The number of carboxylic acid groups (broad SMARTS) is 1. The molecule has 3 nitrogen and oxygen atoms in total. The summed E-state index contributed by atoms with van der Waals surface area (Å²) < 4.78 is 0. The van der Waals surface area contributed by atoms with Gasteiger partial charge in [-0.05, 0) is 17.5 Å². The van der Waals surface area contributed by atoms with E-state index >= 15 is 0 Å². The summed E-state index contributed by atoms with van der Waals surface area (Å²) in [6, 6.07) is 7.61. The van der Waals surface area contributed by atoms with E-state index in [1.807, 2.05) is 24.3 Å². The Balaban J connectivity index is 2.37. The van der Waals surface area contributed by atoms with Crippen LogP contribution >= 0.6 is 0 Å². The predicted molar refractivity (Wildman–Crippen MR) is 54.8 cm³/mol. The minimum atomic E-state index is -0.912. The second-order valence-corrected chi connectivity index (χ2v) is 3.82. The van der Waals surface area contributed by atoms with Crippen molar-refractivity contribution < 1.29 is 14.7 Å². The summed E-state index contributed by atoms with van der Waals surface area (Å²) in [6.45, 7) is 0. The van der Waals surface area contributed by atoms with E-state index in [4.69, 9.17) is 5.11 Å². The largest absolute Gasteiger partial charge is 0.481 e. The van der Waals surface area contributed by atoms with Gasteiger partial charge in [0.05, 0.1) is 12.3 Å². The van der Waals surface area contributed by atoms with Crippen LogP contribution in [0.2, 0.25) is 0 Å². The molecule has 0 heterocycles. The van der Waals surface area contributed by atoms with Gasteiger partial charge in [0.1, 0.15) is 5.78 Å². The van der Waals surface area contributed by atoms with Crippen LogP contribution in [0.5, 0.6) is 0 Å². The number of carboxylic acids is 1. The highest BCUT2D eigenvalue weighted by Gasteiger charge is 2.28. The van der Waals surface area contributed by atoms with Crippen molar-refractivity contribution >= 4 is 11.8 Å². The summed E-state index contributed by atoms with van der Waals surface area (Å²) in [6.07, 6.45) is 1.12. The second-order valence-electron chi connectivity index (χ2n) is 3.82. The minimum absolute atomic E-state index is 0.0519. The minimum Gasteiger partial charge on any atom is -0.481 e. The molecule has 0 saturated carbocycles. The normalized spacial score (nSPS) is 19.7. The Hall–Kier alpha value is -1.64. The lowest BCUT2D eigenvalue weighted by atomic mass is 9.80. The Bertz CT molecular complexity index is 409. The Morgan fingerprint density at radius 3 is 2.80 bits per heavy atom. The molecule has 1 N–H and O–H groups in total. The van der Waals surface area contributed by atoms with Crippen LogP contribution in [0.15, 0.2) is 24.3 Å². The maximum absolute atomic E-state index is 11.6. The summed E-state index contributed by atoms with van der Waals surface area (Å²) >= 11 is 0. The van der Waals surface area contributed by atoms with Crippen molar-refractivity contribution in [2.24, 2.45) is 0 Å².